The molecule has 7 heteroatoms. The summed E-state index contributed by atoms with van der Waals surface area (Å²) >= 11 is 1.34. The molecule has 0 saturated heterocycles. The first-order valence-electron chi connectivity index (χ1n) is 5.84. The molecule has 0 amide bonds. The zero-order chi connectivity index (χ0) is 13.4. The summed E-state index contributed by atoms with van der Waals surface area (Å²) in [4.78, 5) is 11.7. The fraction of sp³-hybridized carbons (Fsp3) is 0.636. The lowest BCUT2D eigenvalue weighted by Gasteiger charge is -2.12. The van der Waals surface area contributed by atoms with Crippen LogP contribution in [-0.4, -0.2) is 38.5 Å². The Morgan fingerprint density at radius 3 is 3.06 bits per heavy atom. The van der Waals surface area contributed by atoms with Crippen LogP contribution in [0.25, 0.3) is 0 Å². The van der Waals surface area contributed by atoms with Gasteiger partial charge in [0.25, 0.3) is 0 Å². The van der Waals surface area contributed by atoms with Crippen molar-refractivity contribution in [2.45, 2.75) is 43.1 Å². The lowest BCUT2D eigenvalue weighted by molar-refractivity contribution is -0.140. The van der Waals surface area contributed by atoms with Crippen molar-refractivity contribution in [2.75, 3.05) is 7.11 Å². The van der Waals surface area contributed by atoms with E-state index in [-0.39, 0.29) is 11.2 Å². The fourth-order valence-corrected chi connectivity index (χ4v) is 2.44. The normalized spacial score (nSPS) is 12.1. The predicted octanol–water partition coefficient (Wildman–Crippen LogP) is 1.68. The molecule has 1 atom stereocenters. The summed E-state index contributed by atoms with van der Waals surface area (Å²) in [5.74, 6) is -0.235. The number of tetrazole rings is 1. The lowest BCUT2D eigenvalue weighted by atomic mass is 10.2. The average Bonchev–Trinajstić information content (AvgIpc) is 2.81. The molecule has 100 valence electrons. The summed E-state index contributed by atoms with van der Waals surface area (Å²) in [6.45, 7) is 6.25. The van der Waals surface area contributed by atoms with Crippen LogP contribution in [0.3, 0.4) is 0 Å². The number of esters is 1. The maximum absolute atomic E-state index is 11.7. The smallest absolute Gasteiger partial charge is 0.319 e. The van der Waals surface area contributed by atoms with Crippen LogP contribution in [0, 0.1) is 0 Å². The summed E-state index contributed by atoms with van der Waals surface area (Å²) in [7, 11) is 1.40. The van der Waals surface area contributed by atoms with E-state index in [0.29, 0.717) is 11.7 Å². The third kappa shape index (κ3) is 4.14. The van der Waals surface area contributed by atoms with Gasteiger partial charge in [0.1, 0.15) is 5.25 Å². The Kier molecular flexibility index (Phi) is 6.42. The Balaban J connectivity index is 2.71. The van der Waals surface area contributed by atoms with E-state index in [1.165, 1.54) is 18.9 Å². The molecule has 6 nitrogen and oxygen atoms in total. The molecule has 0 radical (unpaired) electrons. The van der Waals surface area contributed by atoms with E-state index in [2.05, 4.69) is 29.0 Å². The molecule has 18 heavy (non-hydrogen) atoms. The summed E-state index contributed by atoms with van der Waals surface area (Å²) in [5.41, 5.74) is 0. The van der Waals surface area contributed by atoms with Crippen molar-refractivity contribution in [2.24, 2.45) is 0 Å². The van der Waals surface area contributed by atoms with E-state index < -0.39 is 0 Å². The minimum absolute atomic E-state index is 0.235. The fourth-order valence-electron chi connectivity index (χ4n) is 1.39. The van der Waals surface area contributed by atoms with E-state index in [9.17, 15) is 4.79 Å². The number of methoxy groups -OCH3 is 1. The number of ether oxygens (including phenoxy) is 1. The Labute approximate surface area is 111 Å². The van der Waals surface area contributed by atoms with Crippen LogP contribution in [0.2, 0.25) is 0 Å². The van der Waals surface area contributed by atoms with E-state index in [0.717, 1.165) is 19.3 Å². The largest absolute Gasteiger partial charge is 0.468 e. The summed E-state index contributed by atoms with van der Waals surface area (Å²) < 4.78 is 6.41. The second-order valence-electron chi connectivity index (χ2n) is 3.70. The van der Waals surface area contributed by atoms with Gasteiger partial charge in [0.2, 0.25) is 5.16 Å². The minimum atomic E-state index is -0.260. The molecular weight excluding hydrogens is 252 g/mol. The van der Waals surface area contributed by atoms with Gasteiger partial charge in [-0.1, -0.05) is 37.6 Å². The quantitative estimate of drug-likeness (QED) is 0.407. The standard InChI is InChI=1S/C11H18N4O2S/c1-4-6-7-9(10(16)17-3)18-11-12-13-14-15(11)8-5-2/h5,9H,2,4,6-8H2,1,3H3/t9-/m0/s1. The molecule has 0 unspecified atom stereocenters. The molecule has 0 spiro atoms. The van der Waals surface area contributed by atoms with Crippen LogP contribution in [0.4, 0.5) is 0 Å². The molecule has 0 N–H and O–H groups in total. The van der Waals surface area contributed by atoms with E-state index in [4.69, 9.17) is 4.74 Å². The third-order valence-electron chi connectivity index (χ3n) is 2.33. The van der Waals surface area contributed by atoms with Gasteiger partial charge in [0.05, 0.1) is 13.7 Å². The molecule has 1 heterocycles. The van der Waals surface area contributed by atoms with Crippen LogP contribution in [-0.2, 0) is 16.1 Å². The van der Waals surface area contributed by atoms with Crippen LogP contribution >= 0.6 is 11.8 Å². The van der Waals surface area contributed by atoms with Crippen LogP contribution < -0.4 is 0 Å². The highest BCUT2D eigenvalue weighted by Gasteiger charge is 2.22. The molecule has 1 aromatic rings. The van der Waals surface area contributed by atoms with Crippen molar-refractivity contribution in [3.05, 3.63) is 12.7 Å². The molecule has 0 saturated carbocycles. The first kappa shape index (κ1) is 14.7. The van der Waals surface area contributed by atoms with Gasteiger partial charge in [0, 0.05) is 0 Å². The summed E-state index contributed by atoms with van der Waals surface area (Å²) in [5, 5.41) is 11.7. The number of rotatable bonds is 8. The molecule has 0 fully saturated rings. The average molecular weight is 270 g/mol. The highest BCUT2D eigenvalue weighted by molar-refractivity contribution is 8.00. The van der Waals surface area contributed by atoms with Crippen molar-refractivity contribution in [1.82, 2.24) is 20.2 Å². The maximum Gasteiger partial charge on any atom is 0.319 e. The maximum atomic E-state index is 11.7. The number of carbonyl (C=O) groups excluding carboxylic acids is 1. The van der Waals surface area contributed by atoms with Crippen molar-refractivity contribution in [1.29, 1.82) is 0 Å². The molecule has 1 aromatic heterocycles. The van der Waals surface area contributed by atoms with Gasteiger partial charge in [-0.15, -0.1) is 11.7 Å². The minimum Gasteiger partial charge on any atom is -0.468 e. The second-order valence-corrected chi connectivity index (χ2v) is 4.87. The summed E-state index contributed by atoms with van der Waals surface area (Å²) in [6.07, 6.45) is 4.47. The van der Waals surface area contributed by atoms with Gasteiger partial charge in [-0.3, -0.25) is 4.79 Å². The topological polar surface area (TPSA) is 69.9 Å². The molecule has 0 aliphatic carbocycles. The zero-order valence-corrected chi connectivity index (χ0v) is 11.5. The molecule has 1 rings (SSSR count). The Bertz CT molecular complexity index is 394. The number of hydrogen-bond donors (Lipinski definition) is 0. The van der Waals surface area contributed by atoms with Gasteiger partial charge in [-0.05, 0) is 16.8 Å². The SMILES string of the molecule is C=CCn1nnnc1S[C@@H](CCCC)C(=O)OC. The monoisotopic (exact) mass is 270 g/mol. The first-order chi connectivity index (χ1) is 8.72. The Morgan fingerprint density at radius 2 is 2.44 bits per heavy atom. The van der Waals surface area contributed by atoms with E-state index >= 15 is 0 Å². The van der Waals surface area contributed by atoms with Gasteiger partial charge < -0.3 is 4.74 Å². The molecule has 0 aliphatic heterocycles. The number of allylic oxidation sites excluding steroid dienone is 1. The van der Waals surface area contributed by atoms with E-state index in [1.807, 2.05) is 0 Å². The zero-order valence-electron chi connectivity index (χ0n) is 10.7. The van der Waals surface area contributed by atoms with Crippen LogP contribution in [0.15, 0.2) is 17.8 Å². The van der Waals surface area contributed by atoms with Crippen molar-refractivity contribution in [3.8, 4) is 0 Å². The highest BCUT2D eigenvalue weighted by atomic mass is 32.2. The van der Waals surface area contributed by atoms with Crippen molar-refractivity contribution < 1.29 is 9.53 Å². The first-order valence-corrected chi connectivity index (χ1v) is 6.72. The molecular formula is C11H18N4O2S. The van der Waals surface area contributed by atoms with Gasteiger partial charge in [-0.25, -0.2) is 4.68 Å². The Hall–Kier alpha value is -1.37. The molecule has 0 bridgehead atoms. The molecule has 0 aliphatic rings. The van der Waals surface area contributed by atoms with Crippen molar-refractivity contribution in [3.63, 3.8) is 0 Å². The third-order valence-corrected chi connectivity index (χ3v) is 3.55. The van der Waals surface area contributed by atoms with Crippen molar-refractivity contribution >= 4 is 17.7 Å². The lowest BCUT2D eigenvalue weighted by Crippen LogP contribution is -2.19. The number of unbranched alkanes of at least 4 members (excludes halogenated alkanes) is 1. The number of hydrogen-bond acceptors (Lipinski definition) is 6. The van der Waals surface area contributed by atoms with Crippen LogP contribution in [0.1, 0.15) is 26.2 Å². The molecule has 0 aromatic carbocycles. The summed E-state index contributed by atoms with van der Waals surface area (Å²) in [6, 6.07) is 0. The number of carbonyl (C=O) groups is 1. The van der Waals surface area contributed by atoms with Gasteiger partial charge >= 0.3 is 5.97 Å². The number of aromatic nitrogens is 4. The second kappa shape index (κ2) is 7.86. The van der Waals surface area contributed by atoms with Gasteiger partial charge in [-0.2, -0.15) is 0 Å². The van der Waals surface area contributed by atoms with Gasteiger partial charge in [0.15, 0.2) is 0 Å². The number of nitrogens with zero attached hydrogens (tertiary/aromatic N) is 4. The highest BCUT2D eigenvalue weighted by Crippen LogP contribution is 2.25. The van der Waals surface area contributed by atoms with Crippen LogP contribution in [0.5, 0.6) is 0 Å². The number of thioether (sulfide) groups is 1. The Morgan fingerprint density at radius 1 is 1.67 bits per heavy atom. The predicted molar refractivity (Wildman–Crippen MR) is 69.2 cm³/mol. The van der Waals surface area contributed by atoms with E-state index in [1.54, 1.807) is 10.8 Å².